The summed E-state index contributed by atoms with van der Waals surface area (Å²) in [5.41, 5.74) is 0.813. The van der Waals surface area contributed by atoms with Gasteiger partial charge in [0.05, 0.1) is 17.8 Å². The van der Waals surface area contributed by atoms with E-state index in [0.717, 1.165) is 18.8 Å². The Labute approximate surface area is 78.1 Å². The topological polar surface area (TPSA) is 32.7 Å². The zero-order valence-electron chi connectivity index (χ0n) is 7.86. The van der Waals surface area contributed by atoms with Crippen LogP contribution in [0.3, 0.4) is 0 Å². The van der Waals surface area contributed by atoms with Crippen LogP contribution in [0.25, 0.3) is 0 Å². The van der Waals surface area contributed by atoms with Crippen molar-refractivity contribution < 1.29 is 4.79 Å². The Morgan fingerprint density at radius 2 is 2.15 bits per heavy atom. The van der Waals surface area contributed by atoms with Crippen LogP contribution in [0.1, 0.15) is 19.8 Å². The van der Waals surface area contributed by atoms with Crippen LogP contribution >= 0.6 is 0 Å². The van der Waals surface area contributed by atoms with Crippen LogP contribution in [0.15, 0.2) is 16.9 Å². The number of allylic oxidation sites excluding steroid dienone is 1. The first-order valence-corrected chi connectivity index (χ1v) is 4.81. The van der Waals surface area contributed by atoms with Crippen molar-refractivity contribution in [3.63, 3.8) is 0 Å². The molecule has 0 radical (unpaired) electrons. The van der Waals surface area contributed by atoms with Gasteiger partial charge in [0, 0.05) is 19.3 Å². The number of nitrogens with zero attached hydrogens (tertiary/aromatic N) is 2. The Bertz CT molecular complexity index is 275. The van der Waals surface area contributed by atoms with Crippen molar-refractivity contribution in [2.45, 2.75) is 19.8 Å². The Hall–Kier alpha value is -1.12. The van der Waals surface area contributed by atoms with Crippen LogP contribution in [0.5, 0.6) is 0 Å². The van der Waals surface area contributed by atoms with Crippen LogP contribution in [-0.2, 0) is 4.79 Å². The molecule has 3 nitrogen and oxygen atoms in total. The monoisotopic (exact) mass is 178 g/mol. The van der Waals surface area contributed by atoms with Crippen molar-refractivity contribution in [1.82, 2.24) is 4.90 Å². The standard InChI is InChI=1S/C10H14N2O/c1-8-6-11-7-9(10(8)13)12-4-2-3-5-12/h6-8H,2-5H2,1H3. The van der Waals surface area contributed by atoms with E-state index in [1.807, 2.05) is 6.92 Å². The third-order valence-electron chi connectivity index (χ3n) is 2.62. The molecule has 2 aliphatic heterocycles. The van der Waals surface area contributed by atoms with E-state index in [0.29, 0.717) is 0 Å². The van der Waals surface area contributed by atoms with E-state index in [1.54, 1.807) is 12.4 Å². The highest BCUT2D eigenvalue weighted by Gasteiger charge is 2.25. The van der Waals surface area contributed by atoms with Gasteiger partial charge in [-0.1, -0.05) is 6.92 Å². The minimum Gasteiger partial charge on any atom is -0.367 e. The molecule has 0 aliphatic carbocycles. The summed E-state index contributed by atoms with van der Waals surface area (Å²) in [7, 11) is 0. The van der Waals surface area contributed by atoms with Gasteiger partial charge in [-0.3, -0.25) is 9.79 Å². The molecular formula is C10H14N2O. The van der Waals surface area contributed by atoms with Crippen LogP contribution in [0, 0.1) is 5.92 Å². The van der Waals surface area contributed by atoms with Crippen LogP contribution in [0.4, 0.5) is 0 Å². The molecule has 0 spiro atoms. The zero-order valence-corrected chi connectivity index (χ0v) is 7.86. The summed E-state index contributed by atoms with van der Waals surface area (Å²) in [5.74, 6) is 0.178. The zero-order chi connectivity index (χ0) is 9.26. The fraction of sp³-hybridized carbons (Fsp3) is 0.600. The van der Waals surface area contributed by atoms with Gasteiger partial charge in [-0.2, -0.15) is 0 Å². The molecule has 70 valence electrons. The number of carbonyl (C=O) groups is 1. The van der Waals surface area contributed by atoms with Crippen molar-refractivity contribution in [2.75, 3.05) is 13.1 Å². The number of carbonyl (C=O) groups excluding carboxylic acids is 1. The molecule has 1 unspecified atom stereocenters. The van der Waals surface area contributed by atoms with Gasteiger partial charge < -0.3 is 4.90 Å². The Kier molecular flexibility index (Phi) is 2.17. The largest absolute Gasteiger partial charge is 0.367 e. The summed E-state index contributed by atoms with van der Waals surface area (Å²) in [6.07, 6.45) is 5.81. The molecule has 0 bridgehead atoms. The fourth-order valence-electron chi connectivity index (χ4n) is 1.80. The molecule has 0 aromatic rings. The average Bonchev–Trinajstić information content (AvgIpc) is 2.62. The van der Waals surface area contributed by atoms with Gasteiger partial charge in [-0.15, -0.1) is 0 Å². The average molecular weight is 178 g/mol. The van der Waals surface area contributed by atoms with E-state index in [2.05, 4.69) is 9.89 Å². The third-order valence-corrected chi connectivity index (χ3v) is 2.62. The molecule has 3 heteroatoms. The summed E-state index contributed by atoms with van der Waals surface area (Å²) >= 11 is 0. The highest BCUT2D eigenvalue weighted by molar-refractivity contribution is 6.06. The predicted octanol–water partition coefficient (Wildman–Crippen LogP) is 1.21. The predicted molar refractivity (Wildman–Crippen MR) is 51.6 cm³/mol. The molecule has 2 aliphatic rings. The van der Waals surface area contributed by atoms with Crippen molar-refractivity contribution in [1.29, 1.82) is 0 Å². The molecule has 1 fully saturated rings. The molecule has 2 heterocycles. The number of likely N-dealkylation sites (tertiary alicyclic amines) is 1. The van der Waals surface area contributed by atoms with Crippen LogP contribution in [0.2, 0.25) is 0 Å². The van der Waals surface area contributed by atoms with Gasteiger partial charge in [-0.05, 0) is 12.8 Å². The van der Waals surface area contributed by atoms with Crippen molar-refractivity contribution in [3.05, 3.63) is 11.9 Å². The van der Waals surface area contributed by atoms with Gasteiger partial charge in [0.1, 0.15) is 0 Å². The highest BCUT2D eigenvalue weighted by atomic mass is 16.1. The third kappa shape index (κ3) is 1.50. The lowest BCUT2D eigenvalue weighted by molar-refractivity contribution is -0.118. The summed E-state index contributed by atoms with van der Waals surface area (Å²) in [5, 5.41) is 0. The van der Waals surface area contributed by atoms with Gasteiger partial charge >= 0.3 is 0 Å². The molecule has 0 saturated carbocycles. The second-order valence-corrected chi connectivity index (χ2v) is 3.66. The lowest BCUT2D eigenvalue weighted by atomic mass is 10.0. The lowest BCUT2D eigenvalue weighted by Gasteiger charge is -2.22. The number of Topliss-reactive ketones (excluding diaryl/α,β-unsaturated/α-hetero) is 1. The first-order valence-electron chi connectivity index (χ1n) is 4.81. The van der Waals surface area contributed by atoms with E-state index < -0.39 is 0 Å². The Balaban J connectivity index is 2.17. The summed E-state index contributed by atoms with van der Waals surface area (Å²) in [6.45, 7) is 3.93. The number of hydrogen-bond acceptors (Lipinski definition) is 3. The van der Waals surface area contributed by atoms with Crippen molar-refractivity contribution in [2.24, 2.45) is 10.9 Å². The van der Waals surface area contributed by atoms with Gasteiger partial charge in [-0.25, -0.2) is 0 Å². The smallest absolute Gasteiger partial charge is 0.188 e. The summed E-state index contributed by atoms with van der Waals surface area (Å²) in [6, 6.07) is 0. The van der Waals surface area contributed by atoms with E-state index in [-0.39, 0.29) is 11.7 Å². The normalized spacial score (nSPS) is 28.1. The summed E-state index contributed by atoms with van der Waals surface area (Å²) in [4.78, 5) is 17.9. The van der Waals surface area contributed by atoms with Gasteiger partial charge in [0.15, 0.2) is 5.78 Å². The maximum absolute atomic E-state index is 11.7. The minimum absolute atomic E-state index is 0.0411. The lowest BCUT2D eigenvalue weighted by Crippen LogP contribution is -2.30. The molecular weight excluding hydrogens is 164 g/mol. The number of hydrogen-bond donors (Lipinski definition) is 0. The number of ketones is 1. The molecule has 0 amide bonds. The van der Waals surface area contributed by atoms with Crippen molar-refractivity contribution in [3.8, 4) is 0 Å². The minimum atomic E-state index is -0.0411. The molecule has 13 heavy (non-hydrogen) atoms. The molecule has 0 aromatic carbocycles. The molecule has 0 N–H and O–H groups in total. The first-order chi connectivity index (χ1) is 6.29. The van der Waals surface area contributed by atoms with E-state index >= 15 is 0 Å². The maximum atomic E-state index is 11.7. The fourth-order valence-corrected chi connectivity index (χ4v) is 1.80. The first kappa shape index (κ1) is 8.48. The Morgan fingerprint density at radius 1 is 1.46 bits per heavy atom. The summed E-state index contributed by atoms with van der Waals surface area (Å²) < 4.78 is 0. The molecule has 2 rings (SSSR count). The SMILES string of the molecule is CC1C=NC=C(N2CCCC2)C1=O. The quantitative estimate of drug-likeness (QED) is 0.604. The van der Waals surface area contributed by atoms with Crippen LogP contribution < -0.4 is 0 Å². The van der Waals surface area contributed by atoms with Crippen LogP contribution in [-0.4, -0.2) is 30.0 Å². The van der Waals surface area contributed by atoms with E-state index in [4.69, 9.17) is 0 Å². The van der Waals surface area contributed by atoms with Gasteiger partial charge in [0.2, 0.25) is 0 Å². The molecule has 1 saturated heterocycles. The molecule has 1 atom stereocenters. The second kappa shape index (κ2) is 3.32. The number of aliphatic imine (C=N–C) groups is 1. The second-order valence-electron chi connectivity index (χ2n) is 3.66. The Morgan fingerprint density at radius 3 is 2.85 bits per heavy atom. The highest BCUT2D eigenvalue weighted by Crippen LogP contribution is 2.19. The number of rotatable bonds is 1. The van der Waals surface area contributed by atoms with Crippen molar-refractivity contribution >= 4 is 12.0 Å². The van der Waals surface area contributed by atoms with E-state index in [9.17, 15) is 4.79 Å². The van der Waals surface area contributed by atoms with Gasteiger partial charge in [0.25, 0.3) is 0 Å². The van der Waals surface area contributed by atoms with E-state index in [1.165, 1.54) is 12.8 Å². The maximum Gasteiger partial charge on any atom is 0.188 e. The molecule has 0 aromatic heterocycles.